The molecule has 0 unspecified atom stereocenters. The number of halogens is 1. The molecule has 106 valence electrons. The molecule has 1 aliphatic rings. The molecule has 0 atom stereocenters. The van der Waals surface area contributed by atoms with Gasteiger partial charge in [-0.1, -0.05) is 0 Å². The van der Waals surface area contributed by atoms with Crippen LogP contribution in [0.2, 0.25) is 0 Å². The van der Waals surface area contributed by atoms with E-state index in [0.29, 0.717) is 11.4 Å². The molecule has 0 spiro atoms. The third-order valence-corrected chi connectivity index (χ3v) is 3.65. The van der Waals surface area contributed by atoms with Gasteiger partial charge in [-0.05, 0) is 64.4 Å². The average Bonchev–Trinajstić information content (AvgIpc) is 2.33. The summed E-state index contributed by atoms with van der Waals surface area (Å²) in [5, 5.41) is 0. The van der Waals surface area contributed by atoms with E-state index in [9.17, 15) is 4.39 Å². The SMILES string of the molecule is CC(C)Oc1cc(C2CCN(C)CC2)c(F)cc1N. The van der Waals surface area contributed by atoms with Gasteiger partial charge in [0, 0.05) is 6.07 Å². The van der Waals surface area contributed by atoms with E-state index in [1.54, 1.807) is 6.07 Å². The molecule has 2 N–H and O–H groups in total. The topological polar surface area (TPSA) is 38.5 Å². The van der Waals surface area contributed by atoms with E-state index in [1.165, 1.54) is 6.07 Å². The quantitative estimate of drug-likeness (QED) is 0.855. The highest BCUT2D eigenvalue weighted by Gasteiger charge is 2.22. The average molecular weight is 266 g/mol. The van der Waals surface area contributed by atoms with Gasteiger partial charge in [-0.3, -0.25) is 0 Å². The molecule has 1 aliphatic heterocycles. The van der Waals surface area contributed by atoms with Crippen molar-refractivity contribution in [1.29, 1.82) is 0 Å². The maximum Gasteiger partial charge on any atom is 0.143 e. The molecule has 1 aromatic carbocycles. The molecule has 19 heavy (non-hydrogen) atoms. The highest BCUT2D eigenvalue weighted by atomic mass is 19.1. The highest BCUT2D eigenvalue weighted by Crippen LogP contribution is 2.35. The molecule has 1 fully saturated rings. The maximum absolute atomic E-state index is 14.1. The van der Waals surface area contributed by atoms with Crippen molar-refractivity contribution in [3.8, 4) is 5.75 Å². The van der Waals surface area contributed by atoms with Gasteiger partial charge in [-0.15, -0.1) is 0 Å². The monoisotopic (exact) mass is 266 g/mol. The normalized spacial score (nSPS) is 17.9. The number of piperidine rings is 1. The zero-order chi connectivity index (χ0) is 14.0. The van der Waals surface area contributed by atoms with Crippen LogP contribution in [0.15, 0.2) is 12.1 Å². The van der Waals surface area contributed by atoms with E-state index in [0.717, 1.165) is 31.5 Å². The number of nitrogens with zero attached hydrogens (tertiary/aromatic N) is 1. The smallest absolute Gasteiger partial charge is 0.143 e. The molecule has 0 aromatic heterocycles. The third-order valence-electron chi connectivity index (χ3n) is 3.65. The van der Waals surface area contributed by atoms with Gasteiger partial charge in [-0.25, -0.2) is 4.39 Å². The number of ether oxygens (including phenoxy) is 1. The zero-order valence-corrected chi connectivity index (χ0v) is 11.9. The second-order valence-electron chi connectivity index (χ2n) is 5.66. The van der Waals surface area contributed by atoms with Crippen LogP contribution in [0.5, 0.6) is 5.75 Å². The van der Waals surface area contributed by atoms with E-state index in [1.807, 2.05) is 13.8 Å². The number of rotatable bonds is 3. The molecule has 0 bridgehead atoms. The van der Waals surface area contributed by atoms with Crippen molar-refractivity contribution in [2.45, 2.75) is 38.7 Å². The van der Waals surface area contributed by atoms with Crippen LogP contribution in [-0.4, -0.2) is 31.1 Å². The second kappa shape index (κ2) is 5.78. The van der Waals surface area contributed by atoms with Crippen molar-refractivity contribution >= 4 is 5.69 Å². The van der Waals surface area contributed by atoms with E-state index in [2.05, 4.69) is 11.9 Å². The molecule has 2 rings (SSSR count). The van der Waals surface area contributed by atoms with E-state index in [4.69, 9.17) is 10.5 Å². The summed E-state index contributed by atoms with van der Waals surface area (Å²) in [4.78, 5) is 2.28. The Morgan fingerprint density at radius 3 is 2.53 bits per heavy atom. The van der Waals surface area contributed by atoms with Crippen LogP contribution < -0.4 is 10.5 Å². The minimum atomic E-state index is -0.205. The van der Waals surface area contributed by atoms with Crippen molar-refractivity contribution in [2.75, 3.05) is 25.9 Å². The Morgan fingerprint density at radius 1 is 1.32 bits per heavy atom. The van der Waals surface area contributed by atoms with Crippen LogP contribution in [0, 0.1) is 5.82 Å². The van der Waals surface area contributed by atoms with Crippen molar-refractivity contribution in [3.05, 3.63) is 23.5 Å². The number of hydrogen-bond donors (Lipinski definition) is 1. The van der Waals surface area contributed by atoms with Crippen LogP contribution in [0.1, 0.15) is 38.2 Å². The molecule has 1 saturated heterocycles. The predicted octanol–water partition coefficient (Wildman–Crippen LogP) is 3.00. The summed E-state index contributed by atoms with van der Waals surface area (Å²) in [6, 6.07) is 3.19. The van der Waals surface area contributed by atoms with Gasteiger partial charge < -0.3 is 15.4 Å². The van der Waals surface area contributed by atoms with Gasteiger partial charge in [0.2, 0.25) is 0 Å². The van der Waals surface area contributed by atoms with Gasteiger partial charge in [0.1, 0.15) is 11.6 Å². The van der Waals surface area contributed by atoms with Crippen molar-refractivity contribution < 1.29 is 9.13 Å². The first-order chi connectivity index (χ1) is 8.97. The lowest BCUT2D eigenvalue weighted by Crippen LogP contribution is -2.29. The number of hydrogen-bond acceptors (Lipinski definition) is 3. The molecule has 1 aromatic rings. The van der Waals surface area contributed by atoms with E-state index < -0.39 is 0 Å². The summed E-state index contributed by atoms with van der Waals surface area (Å²) in [6.07, 6.45) is 2.01. The largest absolute Gasteiger partial charge is 0.489 e. The Balaban J connectivity index is 2.24. The molecule has 0 amide bonds. The van der Waals surface area contributed by atoms with Crippen LogP contribution in [0.4, 0.5) is 10.1 Å². The Hall–Kier alpha value is -1.29. The minimum Gasteiger partial charge on any atom is -0.489 e. The fraction of sp³-hybridized carbons (Fsp3) is 0.600. The summed E-state index contributed by atoms with van der Waals surface area (Å²) in [5.74, 6) is 0.666. The molecule has 3 nitrogen and oxygen atoms in total. The van der Waals surface area contributed by atoms with Crippen LogP contribution in [0.3, 0.4) is 0 Å². The summed E-state index contributed by atoms with van der Waals surface area (Å²) < 4.78 is 19.8. The minimum absolute atomic E-state index is 0.0399. The first-order valence-electron chi connectivity index (χ1n) is 6.91. The summed E-state index contributed by atoms with van der Waals surface area (Å²) in [7, 11) is 2.10. The van der Waals surface area contributed by atoms with Crippen molar-refractivity contribution in [2.24, 2.45) is 0 Å². The van der Waals surface area contributed by atoms with Crippen LogP contribution in [0.25, 0.3) is 0 Å². The number of nitrogens with two attached hydrogens (primary N) is 1. The van der Waals surface area contributed by atoms with E-state index in [-0.39, 0.29) is 17.8 Å². The van der Waals surface area contributed by atoms with Gasteiger partial charge in [-0.2, -0.15) is 0 Å². The fourth-order valence-electron chi connectivity index (χ4n) is 2.57. The zero-order valence-electron chi connectivity index (χ0n) is 11.9. The van der Waals surface area contributed by atoms with Gasteiger partial charge in [0.05, 0.1) is 11.8 Å². The lowest BCUT2D eigenvalue weighted by molar-refractivity contribution is 0.240. The summed E-state index contributed by atoms with van der Waals surface area (Å²) in [6.45, 7) is 5.90. The van der Waals surface area contributed by atoms with E-state index >= 15 is 0 Å². The van der Waals surface area contributed by atoms with Gasteiger partial charge >= 0.3 is 0 Å². The number of nitrogen functional groups attached to an aromatic ring is 1. The molecule has 0 radical (unpaired) electrons. The first-order valence-corrected chi connectivity index (χ1v) is 6.91. The molecule has 0 saturated carbocycles. The van der Waals surface area contributed by atoms with Crippen LogP contribution in [-0.2, 0) is 0 Å². The summed E-state index contributed by atoms with van der Waals surface area (Å²) >= 11 is 0. The Kier molecular flexibility index (Phi) is 4.30. The third kappa shape index (κ3) is 3.38. The van der Waals surface area contributed by atoms with Crippen LogP contribution >= 0.6 is 0 Å². The lowest BCUT2D eigenvalue weighted by atomic mass is 9.89. The molecule has 0 aliphatic carbocycles. The van der Waals surface area contributed by atoms with Crippen molar-refractivity contribution in [1.82, 2.24) is 4.90 Å². The molecule has 1 heterocycles. The first kappa shape index (κ1) is 14.1. The Morgan fingerprint density at radius 2 is 1.95 bits per heavy atom. The lowest BCUT2D eigenvalue weighted by Gasteiger charge is -2.29. The number of benzene rings is 1. The van der Waals surface area contributed by atoms with Gasteiger partial charge in [0.15, 0.2) is 0 Å². The molecular weight excluding hydrogens is 243 g/mol. The maximum atomic E-state index is 14.1. The Labute approximate surface area is 114 Å². The Bertz CT molecular complexity index is 440. The molecule has 4 heteroatoms. The fourth-order valence-corrected chi connectivity index (χ4v) is 2.57. The van der Waals surface area contributed by atoms with Gasteiger partial charge in [0.25, 0.3) is 0 Å². The highest BCUT2D eigenvalue weighted by molar-refractivity contribution is 5.55. The predicted molar refractivity (Wildman–Crippen MR) is 76.0 cm³/mol. The van der Waals surface area contributed by atoms with Crippen molar-refractivity contribution in [3.63, 3.8) is 0 Å². The number of likely N-dealkylation sites (tertiary alicyclic amines) is 1. The summed E-state index contributed by atoms with van der Waals surface area (Å²) in [5.41, 5.74) is 6.94. The number of anilines is 1. The standard InChI is InChI=1S/C15H23FN2O/c1-10(2)19-15-8-12(13(16)9-14(15)17)11-4-6-18(3)7-5-11/h8-11H,4-7,17H2,1-3H3. The molecular formula is C15H23FN2O. The second-order valence-corrected chi connectivity index (χ2v) is 5.66.